The van der Waals surface area contributed by atoms with Gasteiger partial charge in [-0.15, -0.1) is 12.4 Å². The number of rotatable bonds is 4. The molecule has 1 saturated heterocycles. The lowest BCUT2D eigenvalue weighted by Crippen LogP contribution is -2.47. The van der Waals surface area contributed by atoms with Gasteiger partial charge in [0.05, 0.1) is 0 Å². The van der Waals surface area contributed by atoms with Crippen LogP contribution in [0.3, 0.4) is 0 Å². The summed E-state index contributed by atoms with van der Waals surface area (Å²) in [5, 5.41) is 3.72. The van der Waals surface area contributed by atoms with Crippen LogP contribution in [0.5, 0.6) is 0 Å². The van der Waals surface area contributed by atoms with Crippen molar-refractivity contribution in [1.82, 2.24) is 5.32 Å². The van der Waals surface area contributed by atoms with Crippen molar-refractivity contribution in [2.24, 2.45) is 0 Å². The van der Waals surface area contributed by atoms with Crippen LogP contribution >= 0.6 is 12.4 Å². The number of nitrogens with zero attached hydrogens (tertiary/aromatic N) is 1. The predicted octanol–water partition coefficient (Wildman–Crippen LogP) is 4.22. The van der Waals surface area contributed by atoms with Gasteiger partial charge in [0.15, 0.2) is 0 Å². The second kappa shape index (κ2) is 8.04. The zero-order valence-electron chi connectivity index (χ0n) is 14.2. The fourth-order valence-electron chi connectivity index (χ4n) is 4.16. The first-order valence-corrected chi connectivity index (χ1v) is 9.02. The van der Waals surface area contributed by atoms with Crippen LogP contribution in [0.2, 0.25) is 0 Å². The molecule has 1 atom stereocenters. The summed E-state index contributed by atoms with van der Waals surface area (Å²) in [7, 11) is 0. The predicted molar refractivity (Wildman–Crippen MR) is 104 cm³/mol. The molecule has 0 amide bonds. The van der Waals surface area contributed by atoms with Gasteiger partial charge >= 0.3 is 0 Å². The number of piperidine rings is 1. The molecule has 4 rings (SSSR count). The zero-order chi connectivity index (χ0) is 15.5. The Hall–Kier alpha value is -1.51. The Morgan fingerprint density at radius 2 is 1.54 bits per heavy atom. The zero-order valence-corrected chi connectivity index (χ0v) is 15.0. The fourth-order valence-corrected chi connectivity index (χ4v) is 4.16. The Balaban J connectivity index is 0.00000169. The van der Waals surface area contributed by atoms with Gasteiger partial charge in [-0.3, -0.25) is 0 Å². The topological polar surface area (TPSA) is 15.3 Å². The van der Waals surface area contributed by atoms with E-state index in [4.69, 9.17) is 0 Å². The number of hydrogen-bond donors (Lipinski definition) is 1. The first kappa shape index (κ1) is 17.3. The Kier molecular flexibility index (Phi) is 5.80. The maximum Gasteiger partial charge on any atom is 0.0371 e. The highest BCUT2D eigenvalue weighted by Gasteiger charge is 2.28. The molecule has 1 aliphatic carbocycles. The van der Waals surface area contributed by atoms with Gasteiger partial charge in [0.1, 0.15) is 0 Å². The Morgan fingerprint density at radius 3 is 2.17 bits per heavy atom. The van der Waals surface area contributed by atoms with Crippen LogP contribution in [0.25, 0.3) is 0 Å². The van der Waals surface area contributed by atoms with Gasteiger partial charge < -0.3 is 10.2 Å². The summed E-state index contributed by atoms with van der Waals surface area (Å²) in [6.07, 6.45) is 6.36. The van der Waals surface area contributed by atoms with E-state index in [0.29, 0.717) is 12.1 Å². The molecule has 24 heavy (non-hydrogen) atoms. The normalized spacial score (nSPS) is 20.2. The van der Waals surface area contributed by atoms with Crippen molar-refractivity contribution in [3.05, 3.63) is 65.7 Å². The van der Waals surface area contributed by atoms with Crippen molar-refractivity contribution in [2.75, 3.05) is 18.0 Å². The van der Waals surface area contributed by atoms with E-state index in [2.05, 4.69) is 64.8 Å². The first-order chi connectivity index (χ1) is 11.4. The van der Waals surface area contributed by atoms with Gasteiger partial charge in [0.2, 0.25) is 0 Å². The van der Waals surface area contributed by atoms with Crippen molar-refractivity contribution < 1.29 is 0 Å². The molecular weight excluding hydrogens is 316 g/mol. The Morgan fingerprint density at radius 1 is 0.875 bits per heavy atom. The van der Waals surface area contributed by atoms with Crippen LogP contribution < -0.4 is 10.2 Å². The summed E-state index contributed by atoms with van der Waals surface area (Å²) in [5.41, 5.74) is 4.45. The second-order valence-corrected chi connectivity index (χ2v) is 6.97. The lowest BCUT2D eigenvalue weighted by Gasteiger charge is -2.36. The molecule has 0 bridgehead atoms. The maximum absolute atomic E-state index is 3.72. The molecule has 3 heteroatoms. The van der Waals surface area contributed by atoms with Crippen molar-refractivity contribution in [3.8, 4) is 0 Å². The van der Waals surface area contributed by atoms with E-state index in [9.17, 15) is 0 Å². The fraction of sp³-hybridized carbons (Fsp3) is 0.429. The van der Waals surface area contributed by atoms with Crippen molar-refractivity contribution in [3.63, 3.8) is 0 Å². The standard InChI is InChI=1S/C21H26N2.ClH/c1-2-11-20(12-3-1)23(16-19-10-6-7-13-22-19)21-14-17-8-4-5-9-18(17)15-21;/h1-5,8-9,11-12,19,21-22H,6-7,10,13-16H2;1H. The molecule has 0 saturated carbocycles. The van der Waals surface area contributed by atoms with E-state index >= 15 is 0 Å². The molecule has 1 fully saturated rings. The number of hydrogen-bond acceptors (Lipinski definition) is 2. The number of para-hydroxylation sites is 1. The van der Waals surface area contributed by atoms with Gasteiger partial charge in [0.25, 0.3) is 0 Å². The lowest BCUT2D eigenvalue weighted by molar-refractivity contribution is 0.389. The quantitative estimate of drug-likeness (QED) is 0.894. The molecule has 0 radical (unpaired) electrons. The molecule has 0 spiro atoms. The van der Waals surface area contributed by atoms with E-state index in [1.54, 1.807) is 0 Å². The third-order valence-corrected chi connectivity index (χ3v) is 5.39. The molecule has 1 heterocycles. The average Bonchev–Trinajstić information content (AvgIpc) is 3.05. The summed E-state index contributed by atoms with van der Waals surface area (Å²) in [6, 6.07) is 21.2. The van der Waals surface area contributed by atoms with E-state index in [-0.39, 0.29) is 12.4 Å². The number of benzene rings is 2. The number of halogens is 1. The van der Waals surface area contributed by atoms with Crippen LogP contribution in [0, 0.1) is 0 Å². The van der Waals surface area contributed by atoms with E-state index in [0.717, 1.165) is 6.54 Å². The van der Waals surface area contributed by atoms with Crippen molar-refractivity contribution in [1.29, 1.82) is 0 Å². The molecule has 1 N–H and O–H groups in total. The molecule has 1 aliphatic heterocycles. The first-order valence-electron chi connectivity index (χ1n) is 9.02. The van der Waals surface area contributed by atoms with E-state index in [1.807, 2.05) is 0 Å². The highest BCUT2D eigenvalue weighted by Crippen LogP contribution is 2.29. The minimum Gasteiger partial charge on any atom is -0.366 e. The van der Waals surface area contributed by atoms with Gasteiger partial charge in [-0.25, -0.2) is 0 Å². The Bertz CT molecular complexity index is 612. The molecule has 2 aliphatic rings. The van der Waals surface area contributed by atoms with Crippen LogP contribution in [0.4, 0.5) is 5.69 Å². The van der Waals surface area contributed by atoms with Crippen LogP contribution in [0.15, 0.2) is 54.6 Å². The van der Waals surface area contributed by atoms with Gasteiger partial charge in [-0.2, -0.15) is 0 Å². The minimum absolute atomic E-state index is 0. The highest BCUT2D eigenvalue weighted by molar-refractivity contribution is 5.85. The van der Waals surface area contributed by atoms with Crippen LogP contribution in [0.1, 0.15) is 30.4 Å². The summed E-state index contributed by atoms with van der Waals surface area (Å²) in [6.45, 7) is 2.31. The smallest absolute Gasteiger partial charge is 0.0371 e. The van der Waals surface area contributed by atoms with Crippen molar-refractivity contribution >= 4 is 18.1 Å². The highest BCUT2D eigenvalue weighted by atomic mass is 35.5. The largest absolute Gasteiger partial charge is 0.366 e. The molecule has 2 aromatic carbocycles. The van der Waals surface area contributed by atoms with Gasteiger partial charge in [-0.1, -0.05) is 48.9 Å². The lowest BCUT2D eigenvalue weighted by atomic mass is 10.0. The molecule has 2 aromatic rings. The number of nitrogens with one attached hydrogen (secondary N) is 1. The molecule has 1 unspecified atom stereocenters. The van der Waals surface area contributed by atoms with E-state index < -0.39 is 0 Å². The molecule has 0 aromatic heterocycles. The summed E-state index contributed by atoms with van der Waals surface area (Å²) < 4.78 is 0. The average molecular weight is 343 g/mol. The monoisotopic (exact) mass is 342 g/mol. The minimum atomic E-state index is 0. The third kappa shape index (κ3) is 3.76. The second-order valence-electron chi connectivity index (χ2n) is 6.97. The number of anilines is 1. The van der Waals surface area contributed by atoms with Gasteiger partial charge in [0, 0.05) is 24.3 Å². The van der Waals surface area contributed by atoms with Gasteiger partial charge in [-0.05, 0) is 55.5 Å². The van der Waals surface area contributed by atoms with Crippen LogP contribution in [-0.2, 0) is 12.8 Å². The summed E-state index contributed by atoms with van der Waals surface area (Å²) >= 11 is 0. The number of fused-ring (bicyclic) bond motifs is 1. The molecule has 2 nitrogen and oxygen atoms in total. The molecule has 128 valence electrons. The summed E-state index contributed by atoms with van der Waals surface area (Å²) in [4.78, 5) is 2.66. The van der Waals surface area contributed by atoms with E-state index in [1.165, 1.54) is 55.5 Å². The van der Waals surface area contributed by atoms with Crippen molar-refractivity contribution in [2.45, 2.75) is 44.2 Å². The SMILES string of the molecule is Cl.c1ccc(N(CC2CCCCN2)C2Cc3ccccc3C2)cc1. The maximum atomic E-state index is 3.72. The van der Waals surface area contributed by atoms with Crippen LogP contribution in [-0.4, -0.2) is 25.2 Å². The third-order valence-electron chi connectivity index (χ3n) is 5.39. The molecular formula is C21H27ClN2. The summed E-state index contributed by atoms with van der Waals surface area (Å²) in [5.74, 6) is 0. The Labute approximate surface area is 151 Å².